The lowest BCUT2D eigenvalue weighted by Crippen LogP contribution is -2.42. The van der Waals surface area contributed by atoms with Gasteiger partial charge in [-0.1, -0.05) is 26.0 Å². The van der Waals surface area contributed by atoms with Crippen molar-refractivity contribution < 1.29 is 18.4 Å². The van der Waals surface area contributed by atoms with Gasteiger partial charge < -0.3 is 8.85 Å². The van der Waals surface area contributed by atoms with Gasteiger partial charge in [0, 0.05) is 13.8 Å². The van der Waals surface area contributed by atoms with E-state index < -0.39 is 20.5 Å². The Hall–Kier alpha value is -1.36. The quantitative estimate of drug-likeness (QED) is 0.685. The second kappa shape index (κ2) is 7.84. The first kappa shape index (κ1) is 15.6. The zero-order valence-corrected chi connectivity index (χ0v) is 11.9. The molecule has 0 aromatic rings. The summed E-state index contributed by atoms with van der Waals surface area (Å²) in [4.78, 5) is 22.2. The molecule has 0 aliphatic heterocycles. The van der Waals surface area contributed by atoms with E-state index in [-0.39, 0.29) is 0 Å². The molecule has 0 unspecified atom stereocenters. The van der Waals surface area contributed by atoms with Gasteiger partial charge in [-0.2, -0.15) is 0 Å². The minimum absolute atomic E-state index is 0.445. The molecule has 4 nitrogen and oxygen atoms in total. The Balaban J connectivity index is 5.17. The fraction of sp³-hybridized carbons (Fsp3) is 0.500. The van der Waals surface area contributed by atoms with Gasteiger partial charge in [-0.3, -0.25) is 9.59 Å². The predicted octanol–water partition coefficient (Wildman–Crippen LogP) is 2.57. The summed E-state index contributed by atoms with van der Waals surface area (Å²) < 4.78 is 10.5. The van der Waals surface area contributed by atoms with Crippen LogP contribution in [0.15, 0.2) is 23.6 Å². The molecule has 0 aromatic carbocycles. The van der Waals surface area contributed by atoms with Crippen molar-refractivity contribution in [3.05, 3.63) is 23.6 Å². The second-order valence-corrected chi connectivity index (χ2v) is 6.05. The average Bonchev–Trinajstić information content (AvgIpc) is 2.22. The molecule has 96 valence electrons. The van der Waals surface area contributed by atoms with E-state index in [4.69, 9.17) is 8.85 Å². The standard InChI is InChI=1S/C12H20O4Si/c1-5-7-9-17(10-8-6-2,15-11(3)13)16-12(4)14/h7-10H,5-6H2,1-4H3. The van der Waals surface area contributed by atoms with Crippen molar-refractivity contribution in [2.75, 3.05) is 0 Å². The lowest BCUT2D eigenvalue weighted by molar-refractivity contribution is -0.138. The van der Waals surface area contributed by atoms with Gasteiger partial charge >= 0.3 is 8.56 Å². The normalized spacial score (nSPS) is 12.0. The predicted molar refractivity (Wildman–Crippen MR) is 68.1 cm³/mol. The summed E-state index contributed by atoms with van der Waals surface area (Å²) in [7, 11) is -3.02. The highest BCUT2D eigenvalue weighted by Gasteiger charge is 2.38. The van der Waals surface area contributed by atoms with Crippen LogP contribution in [0, 0.1) is 0 Å². The van der Waals surface area contributed by atoms with Gasteiger partial charge in [0.05, 0.1) is 0 Å². The molecule has 0 fully saturated rings. The van der Waals surface area contributed by atoms with Crippen LogP contribution < -0.4 is 0 Å². The van der Waals surface area contributed by atoms with E-state index in [2.05, 4.69) is 0 Å². The van der Waals surface area contributed by atoms with E-state index in [0.29, 0.717) is 0 Å². The van der Waals surface area contributed by atoms with Gasteiger partial charge in [0.1, 0.15) is 0 Å². The molecule has 0 aliphatic carbocycles. The van der Waals surface area contributed by atoms with Gasteiger partial charge in [-0.25, -0.2) is 0 Å². The maximum atomic E-state index is 11.1. The van der Waals surface area contributed by atoms with Gasteiger partial charge in [0.2, 0.25) is 0 Å². The fourth-order valence-electron chi connectivity index (χ4n) is 1.23. The summed E-state index contributed by atoms with van der Waals surface area (Å²) >= 11 is 0. The highest BCUT2D eigenvalue weighted by atomic mass is 28.4. The van der Waals surface area contributed by atoms with Crippen LogP contribution in [0.3, 0.4) is 0 Å². The number of hydrogen-bond acceptors (Lipinski definition) is 4. The van der Waals surface area contributed by atoms with Crippen molar-refractivity contribution in [3.8, 4) is 0 Å². The van der Waals surface area contributed by atoms with Crippen LogP contribution in [0.4, 0.5) is 0 Å². The summed E-state index contributed by atoms with van der Waals surface area (Å²) in [5.41, 5.74) is 3.42. The van der Waals surface area contributed by atoms with Crippen LogP contribution in [0.2, 0.25) is 0 Å². The Morgan fingerprint density at radius 3 is 1.53 bits per heavy atom. The molecule has 0 saturated heterocycles. The van der Waals surface area contributed by atoms with E-state index in [1.54, 1.807) is 11.4 Å². The van der Waals surface area contributed by atoms with Crippen molar-refractivity contribution in [3.63, 3.8) is 0 Å². The smallest absolute Gasteiger partial charge is 0.479 e. The van der Waals surface area contributed by atoms with E-state index in [1.165, 1.54) is 13.8 Å². The van der Waals surface area contributed by atoms with Crippen molar-refractivity contribution in [1.82, 2.24) is 0 Å². The number of hydrogen-bond donors (Lipinski definition) is 0. The Labute approximate surface area is 104 Å². The number of carbonyl (C=O) groups excluding carboxylic acids is 2. The lowest BCUT2D eigenvalue weighted by atomic mass is 10.5. The summed E-state index contributed by atoms with van der Waals surface area (Å²) in [5, 5.41) is 0. The highest BCUT2D eigenvalue weighted by Crippen LogP contribution is 2.14. The molecule has 5 heteroatoms. The van der Waals surface area contributed by atoms with Crippen LogP contribution in [0.25, 0.3) is 0 Å². The van der Waals surface area contributed by atoms with E-state index in [0.717, 1.165) is 12.8 Å². The minimum Gasteiger partial charge on any atom is -0.479 e. The third kappa shape index (κ3) is 6.73. The van der Waals surface area contributed by atoms with E-state index in [1.807, 2.05) is 26.0 Å². The first-order valence-corrected chi connectivity index (χ1v) is 7.67. The fourth-order valence-corrected chi connectivity index (χ4v) is 3.68. The molecule has 0 aliphatic rings. The summed E-state index contributed by atoms with van der Waals surface area (Å²) in [6, 6.07) is 0. The molecular formula is C12H20O4Si. The summed E-state index contributed by atoms with van der Waals surface area (Å²) in [6.07, 6.45) is 5.27. The molecular weight excluding hydrogens is 236 g/mol. The van der Waals surface area contributed by atoms with Crippen LogP contribution in [0.5, 0.6) is 0 Å². The van der Waals surface area contributed by atoms with Crippen molar-refractivity contribution in [2.24, 2.45) is 0 Å². The minimum atomic E-state index is -3.02. The maximum absolute atomic E-state index is 11.1. The van der Waals surface area contributed by atoms with E-state index in [9.17, 15) is 9.59 Å². The zero-order valence-electron chi connectivity index (χ0n) is 10.9. The van der Waals surface area contributed by atoms with Crippen LogP contribution in [-0.4, -0.2) is 20.5 Å². The monoisotopic (exact) mass is 256 g/mol. The maximum Gasteiger partial charge on any atom is 0.519 e. The second-order valence-electron chi connectivity index (χ2n) is 3.53. The highest BCUT2D eigenvalue weighted by molar-refractivity contribution is 6.80. The first-order chi connectivity index (χ1) is 7.95. The van der Waals surface area contributed by atoms with Crippen molar-refractivity contribution >= 4 is 20.5 Å². The van der Waals surface area contributed by atoms with Gasteiger partial charge in [-0.05, 0) is 24.2 Å². The molecule has 0 radical (unpaired) electrons. The topological polar surface area (TPSA) is 52.6 Å². The van der Waals surface area contributed by atoms with Gasteiger partial charge in [-0.15, -0.1) is 0 Å². The Kier molecular flexibility index (Phi) is 7.21. The molecule has 17 heavy (non-hydrogen) atoms. The number of allylic oxidation sites excluding steroid dienone is 2. The molecule has 0 heterocycles. The van der Waals surface area contributed by atoms with Crippen LogP contribution >= 0.6 is 0 Å². The van der Waals surface area contributed by atoms with Gasteiger partial charge in [0.25, 0.3) is 11.9 Å². The van der Waals surface area contributed by atoms with Crippen LogP contribution in [0.1, 0.15) is 40.5 Å². The Bertz CT molecular complexity index is 288. The Morgan fingerprint density at radius 1 is 0.941 bits per heavy atom. The third-order valence-corrected chi connectivity index (χ3v) is 4.39. The summed E-state index contributed by atoms with van der Waals surface area (Å²) in [5.74, 6) is -0.890. The van der Waals surface area contributed by atoms with Crippen molar-refractivity contribution in [2.45, 2.75) is 40.5 Å². The largest absolute Gasteiger partial charge is 0.519 e. The Morgan fingerprint density at radius 2 is 1.29 bits per heavy atom. The number of carbonyl (C=O) groups is 2. The number of rotatable bonds is 6. The molecule has 0 amide bonds. The molecule has 0 atom stereocenters. The average molecular weight is 256 g/mol. The SMILES string of the molecule is CCC=C[Si](C=CCC)(OC(C)=O)OC(C)=O. The van der Waals surface area contributed by atoms with Gasteiger partial charge in [0.15, 0.2) is 0 Å². The molecule has 0 aromatic heterocycles. The van der Waals surface area contributed by atoms with E-state index >= 15 is 0 Å². The molecule has 0 bridgehead atoms. The summed E-state index contributed by atoms with van der Waals surface area (Å²) in [6.45, 7) is 6.54. The molecule has 0 saturated carbocycles. The van der Waals surface area contributed by atoms with Crippen LogP contribution in [-0.2, 0) is 18.4 Å². The molecule has 0 spiro atoms. The lowest BCUT2D eigenvalue weighted by Gasteiger charge is -2.22. The van der Waals surface area contributed by atoms with Crippen molar-refractivity contribution in [1.29, 1.82) is 0 Å². The molecule has 0 N–H and O–H groups in total. The molecule has 0 rings (SSSR count). The first-order valence-electron chi connectivity index (χ1n) is 5.70. The third-order valence-electron chi connectivity index (χ3n) is 1.78. The zero-order chi connectivity index (χ0) is 13.3.